The standard InChI is InChI=1S/C18H22N4O2/c1-12(2)14-7-16(23-4)15(18-21-5-6-22(18)3)8-17(14)24-13-9-19-11-20-10-13/h5-9,11-12H,10H2,1-4H3,(H,19,20). The molecule has 0 saturated heterocycles. The first kappa shape index (κ1) is 16.1. The van der Waals surface area contributed by atoms with Gasteiger partial charge in [0, 0.05) is 31.2 Å². The SMILES string of the molecule is COc1cc(C(C)C)c(OC2=CNC=NC2)cc1-c1nccn1C. The predicted octanol–water partition coefficient (Wildman–Crippen LogP) is 3.07. The van der Waals surface area contributed by atoms with Crippen LogP contribution in [0, 0.1) is 0 Å². The molecule has 1 aliphatic rings. The van der Waals surface area contributed by atoms with Gasteiger partial charge in [-0.3, -0.25) is 4.99 Å². The van der Waals surface area contributed by atoms with Crippen molar-refractivity contribution in [1.82, 2.24) is 14.9 Å². The van der Waals surface area contributed by atoms with Crippen molar-refractivity contribution in [2.45, 2.75) is 19.8 Å². The second-order valence-electron chi connectivity index (χ2n) is 5.96. The zero-order valence-corrected chi connectivity index (χ0v) is 14.4. The summed E-state index contributed by atoms with van der Waals surface area (Å²) < 4.78 is 13.7. The van der Waals surface area contributed by atoms with Gasteiger partial charge in [0.1, 0.15) is 29.6 Å². The maximum Gasteiger partial charge on any atom is 0.143 e. The number of aliphatic imine (C=N–C) groups is 1. The number of hydrogen-bond donors (Lipinski definition) is 1. The summed E-state index contributed by atoms with van der Waals surface area (Å²) in [6.45, 7) is 4.79. The Kier molecular flexibility index (Phi) is 4.55. The summed E-state index contributed by atoms with van der Waals surface area (Å²) >= 11 is 0. The topological polar surface area (TPSA) is 60.7 Å². The van der Waals surface area contributed by atoms with Crippen LogP contribution in [0.4, 0.5) is 0 Å². The first-order valence-electron chi connectivity index (χ1n) is 7.91. The van der Waals surface area contributed by atoms with Gasteiger partial charge in [-0.25, -0.2) is 4.98 Å². The van der Waals surface area contributed by atoms with E-state index in [0.717, 1.165) is 34.2 Å². The predicted molar refractivity (Wildman–Crippen MR) is 94.5 cm³/mol. The molecule has 0 spiro atoms. The van der Waals surface area contributed by atoms with Crippen LogP contribution in [-0.2, 0) is 7.05 Å². The van der Waals surface area contributed by atoms with Crippen molar-refractivity contribution in [1.29, 1.82) is 0 Å². The molecule has 0 bridgehead atoms. The Balaban J connectivity index is 2.08. The number of rotatable bonds is 5. The molecule has 0 saturated carbocycles. The van der Waals surface area contributed by atoms with Crippen molar-refractivity contribution in [3.8, 4) is 22.9 Å². The summed E-state index contributed by atoms with van der Waals surface area (Å²) in [6, 6.07) is 4.03. The lowest BCUT2D eigenvalue weighted by atomic mass is 9.99. The Morgan fingerprint density at radius 1 is 1.25 bits per heavy atom. The fourth-order valence-corrected chi connectivity index (χ4v) is 2.65. The van der Waals surface area contributed by atoms with E-state index >= 15 is 0 Å². The number of benzene rings is 1. The van der Waals surface area contributed by atoms with Crippen LogP contribution in [0.1, 0.15) is 25.3 Å². The average Bonchev–Trinajstić information content (AvgIpc) is 3.01. The van der Waals surface area contributed by atoms with Crippen LogP contribution in [0.3, 0.4) is 0 Å². The molecule has 6 heteroatoms. The molecule has 126 valence electrons. The van der Waals surface area contributed by atoms with Gasteiger partial charge in [-0.05, 0) is 18.1 Å². The molecule has 0 unspecified atom stereocenters. The molecule has 0 atom stereocenters. The quantitative estimate of drug-likeness (QED) is 0.917. The van der Waals surface area contributed by atoms with E-state index in [1.54, 1.807) is 19.6 Å². The van der Waals surface area contributed by atoms with E-state index in [1.165, 1.54) is 0 Å². The van der Waals surface area contributed by atoms with E-state index in [0.29, 0.717) is 12.5 Å². The second kappa shape index (κ2) is 6.78. The summed E-state index contributed by atoms with van der Waals surface area (Å²) in [6.07, 6.45) is 7.16. The number of nitrogens with zero attached hydrogens (tertiary/aromatic N) is 3. The highest BCUT2D eigenvalue weighted by molar-refractivity contribution is 5.69. The van der Waals surface area contributed by atoms with Gasteiger partial charge in [-0.1, -0.05) is 13.8 Å². The van der Waals surface area contributed by atoms with Crippen LogP contribution >= 0.6 is 0 Å². The number of hydrogen-bond acceptors (Lipinski definition) is 5. The first-order valence-corrected chi connectivity index (χ1v) is 7.91. The molecule has 0 amide bonds. The number of ether oxygens (including phenoxy) is 2. The highest BCUT2D eigenvalue weighted by atomic mass is 16.5. The third-order valence-corrected chi connectivity index (χ3v) is 3.91. The van der Waals surface area contributed by atoms with Gasteiger partial charge in [0.2, 0.25) is 0 Å². The molecule has 24 heavy (non-hydrogen) atoms. The minimum absolute atomic E-state index is 0.296. The van der Waals surface area contributed by atoms with Gasteiger partial charge in [-0.15, -0.1) is 0 Å². The molecule has 0 aliphatic carbocycles. The van der Waals surface area contributed by atoms with Crippen molar-refractivity contribution in [3.63, 3.8) is 0 Å². The first-order chi connectivity index (χ1) is 11.6. The Bertz CT molecular complexity index is 790. The van der Waals surface area contributed by atoms with E-state index < -0.39 is 0 Å². The van der Waals surface area contributed by atoms with Gasteiger partial charge < -0.3 is 19.4 Å². The lowest BCUT2D eigenvalue weighted by Gasteiger charge is -2.19. The Labute approximate surface area is 141 Å². The minimum Gasteiger partial charge on any atom is -0.496 e. The van der Waals surface area contributed by atoms with Crippen molar-refractivity contribution in [3.05, 3.63) is 42.0 Å². The van der Waals surface area contributed by atoms with E-state index in [1.807, 2.05) is 36.1 Å². The maximum absolute atomic E-state index is 6.12. The minimum atomic E-state index is 0.296. The van der Waals surface area contributed by atoms with Gasteiger partial charge in [-0.2, -0.15) is 0 Å². The average molecular weight is 326 g/mol. The van der Waals surface area contributed by atoms with Gasteiger partial charge in [0.05, 0.1) is 19.0 Å². The second-order valence-corrected chi connectivity index (χ2v) is 5.96. The summed E-state index contributed by atoms with van der Waals surface area (Å²) in [4.78, 5) is 8.61. The van der Waals surface area contributed by atoms with Crippen LogP contribution in [0.25, 0.3) is 11.4 Å². The van der Waals surface area contributed by atoms with Gasteiger partial charge >= 0.3 is 0 Å². The molecule has 1 aliphatic heterocycles. The summed E-state index contributed by atoms with van der Waals surface area (Å²) in [5.41, 5.74) is 1.98. The number of imidazole rings is 1. The highest BCUT2D eigenvalue weighted by Crippen LogP contribution is 2.39. The number of methoxy groups -OCH3 is 1. The molecule has 1 N–H and O–H groups in total. The van der Waals surface area contributed by atoms with Crippen molar-refractivity contribution in [2.75, 3.05) is 13.7 Å². The molecule has 0 radical (unpaired) electrons. The van der Waals surface area contributed by atoms with Crippen LogP contribution < -0.4 is 14.8 Å². The smallest absolute Gasteiger partial charge is 0.143 e. The number of aryl methyl sites for hydroxylation is 1. The van der Waals surface area contributed by atoms with Crippen molar-refractivity contribution < 1.29 is 9.47 Å². The summed E-state index contributed by atoms with van der Waals surface area (Å²) in [5.74, 6) is 3.49. The molecule has 3 rings (SSSR count). The fourth-order valence-electron chi connectivity index (χ4n) is 2.65. The van der Waals surface area contributed by atoms with Crippen LogP contribution in [0.5, 0.6) is 11.5 Å². The molecule has 0 fully saturated rings. The number of nitrogens with one attached hydrogen (secondary N) is 1. The lowest BCUT2D eigenvalue weighted by Crippen LogP contribution is -2.14. The number of aromatic nitrogens is 2. The van der Waals surface area contributed by atoms with Crippen molar-refractivity contribution in [2.24, 2.45) is 12.0 Å². The summed E-state index contributed by atoms with van der Waals surface area (Å²) in [5, 5.41) is 2.96. The van der Waals surface area contributed by atoms with Gasteiger partial charge in [0.25, 0.3) is 0 Å². The molecule has 6 nitrogen and oxygen atoms in total. The zero-order valence-electron chi connectivity index (χ0n) is 14.4. The molecule has 1 aromatic carbocycles. The molecule has 2 aromatic rings. The summed E-state index contributed by atoms with van der Waals surface area (Å²) in [7, 11) is 3.63. The Morgan fingerprint density at radius 3 is 2.67 bits per heavy atom. The normalized spacial score (nSPS) is 13.6. The Hall–Kier alpha value is -2.76. The van der Waals surface area contributed by atoms with E-state index in [-0.39, 0.29) is 0 Å². The van der Waals surface area contributed by atoms with Crippen LogP contribution in [0.2, 0.25) is 0 Å². The van der Waals surface area contributed by atoms with E-state index in [9.17, 15) is 0 Å². The zero-order chi connectivity index (χ0) is 17.1. The van der Waals surface area contributed by atoms with Crippen LogP contribution in [-0.4, -0.2) is 29.5 Å². The highest BCUT2D eigenvalue weighted by Gasteiger charge is 2.19. The third kappa shape index (κ3) is 3.13. The molecule has 1 aromatic heterocycles. The Morgan fingerprint density at radius 2 is 2.08 bits per heavy atom. The van der Waals surface area contributed by atoms with Gasteiger partial charge in [0.15, 0.2) is 0 Å². The maximum atomic E-state index is 6.12. The van der Waals surface area contributed by atoms with Crippen molar-refractivity contribution >= 4 is 6.34 Å². The van der Waals surface area contributed by atoms with Crippen LogP contribution in [0.15, 0.2) is 41.5 Å². The monoisotopic (exact) mass is 326 g/mol. The third-order valence-electron chi connectivity index (χ3n) is 3.91. The molecular formula is C18H22N4O2. The molecule has 2 heterocycles. The van der Waals surface area contributed by atoms with E-state index in [4.69, 9.17) is 9.47 Å². The fraction of sp³-hybridized carbons (Fsp3) is 0.333. The van der Waals surface area contributed by atoms with E-state index in [2.05, 4.69) is 29.1 Å². The lowest BCUT2D eigenvalue weighted by molar-refractivity contribution is 0.397. The largest absolute Gasteiger partial charge is 0.496 e. The molecular weight excluding hydrogens is 304 g/mol.